The van der Waals surface area contributed by atoms with E-state index in [0.29, 0.717) is 6.42 Å². The Morgan fingerprint density at radius 3 is 2.62 bits per heavy atom. The summed E-state index contributed by atoms with van der Waals surface area (Å²) < 4.78 is 0. The number of aliphatic imine (C=N–C) groups is 1. The number of hydrogen-bond acceptors (Lipinski definition) is 1. The molecule has 1 amide bonds. The quantitative estimate of drug-likeness (QED) is 0.457. The molecule has 0 bridgehead atoms. The first kappa shape index (κ1) is 12.1. The average Bonchev–Trinajstić information content (AvgIpc) is 2.14. The largest absolute Gasteiger partial charge is 0.272 e. The van der Waals surface area contributed by atoms with Gasteiger partial charge in [-0.05, 0) is 25.3 Å². The van der Waals surface area contributed by atoms with Crippen LogP contribution in [-0.2, 0) is 4.79 Å². The lowest BCUT2D eigenvalue weighted by molar-refractivity contribution is -0.117. The molecule has 0 spiro atoms. The fraction of sp³-hybridized carbons (Fsp3) is 0.727. The molecule has 0 aromatic carbocycles. The van der Waals surface area contributed by atoms with Crippen LogP contribution in [0, 0.1) is 0 Å². The molecule has 0 aromatic heterocycles. The maximum Gasteiger partial charge on any atom is 0.253 e. The summed E-state index contributed by atoms with van der Waals surface area (Å²) in [7, 11) is 0. The van der Waals surface area contributed by atoms with Gasteiger partial charge in [-0.25, -0.2) is 0 Å². The zero-order chi connectivity index (χ0) is 9.94. The van der Waals surface area contributed by atoms with Crippen LogP contribution in [-0.4, -0.2) is 11.8 Å². The Morgan fingerprint density at radius 2 is 2.00 bits per heavy atom. The number of unbranched alkanes of at least 4 members (excludes halogenated alkanes) is 4. The summed E-state index contributed by atoms with van der Waals surface area (Å²) in [5, 5.41) is 0. The van der Waals surface area contributed by atoms with Crippen molar-refractivity contribution in [3.63, 3.8) is 0 Å². The minimum Gasteiger partial charge on any atom is -0.272 e. The van der Waals surface area contributed by atoms with E-state index in [1.54, 1.807) is 13.0 Å². The van der Waals surface area contributed by atoms with Crippen LogP contribution < -0.4 is 0 Å². The maximum atomic E-state index is 11.0. The molecule has 13 heavy (non-hydrogen) atoms. The summed E-state index contributed by atoms with van der Waals surface area (Å²) in [4.78, 5) is 14.6. The minimum absolute atomic E-state index is 0.0467. The van der Waals surface area contributed by atoms with Crippen molar-refractivity contribution in [1.82, 2.24) is 0 Å². The van der Waals surface area contributed by atoms with Gasteiger partial charge in [-0.15, -0.1) is 0 Å². The Hall–Kier alpha value is -0.880. The molecule has 2 nitrogen and oxygen atoms in total. The van der Waals surface area contributed by atoms with Crippen molar-refractivity contribution in [3.05, 3.63) is 6.08 Å². The van der Waals surface area contributed by atoms with Gasteiger partial charge in [0, 0.05) is 6.42 Å². The van der Waals surface area contributed by atoms with Crippen LogP contribution in [0.4, 0.5) is 0 Å². The standard InChI is InChI=1S/C11H19NO/c1-3-5-6-7-8-9-11(13)12-10-4-2/h4H,3,5-9H2,1-2H3. The molecule has 0 fully saturated rings. The first-order valence-corrected chi connectivity index (χ1v) is 5.08. The van der Waals surface area contributed by atoms with Crippen molar-refractivity contribution >= 4 is 11.8 Å². The summed E-state index contributed by atoms with van der Waals surface area (Å²) >= 11 is 0. The van der Waals surface area contributed by atoms with Crippen molar-refractivity contribution < 1.29 is 4.79 Å². The van der Waals surface area contributed by atoms with E-state index >= 15 is 0 Å². The summed E-state index contributed by atoms with van der Waals surface area (Å²) in [6.45, 7) is 3.99. The molecular weight excluding hydrogens is 162 g/mol. The number of carbonyl (C=O) groups excluding carboxylic acids is 1. The molecule has 0 radical (unpaired) electrons. The Bertz CT molecular complexity index is 190. The lowest BCUT2D eigenvalue weighted by Crippen LogP contribution is -1.91. The van der Waals surface area contributed by atoms with E-state index in [0.717, 1.165) is 12.8 Å². The van der Waals surface area contributed by atoms with Gasteiger partial charge in [0.25, 0.3) is 5.91 Å². The van der Waals surface area contributed by atoms with Gasteiger partial charge in [0.1, 0.15) is 0 Å². The fourth-order valence-electron chi connectivity index (χ4n) is 1.07. The lowest BCUT2D eigenvalue weighted by atomic mass is 10.1. The average molecular weight is 181 g/mol. The molecule has 0 aliphatic carbocycles. The second-order valence-corrected chi connectivity index (χ2v) is 3.09. The zero-order valence-corrected chi connectivity index (χ0v) is 8.68. The van der Waals surface area contributed by atoms with E-state index in [1.807, 2.05) is 0 Å². The highest BCUT2D eigenvalue weighted by Gasteiger charge is 1.96. The van der Waals surface area contributed by atoms with Crippen molar-refractivity contribution in [2.45, 2.75) is 52.4 Å². The molecule has 0 aromatic rings. The highest BCUT2D eigenvalue weighted by atomic mass is 16.1. The van der Waals surface area contributed by atoms with Crippen LogP contribution in [0.5, 0.6) is 0 Å². The number of allylic oxidation sites excluding steroid dienone is 1. The number of amides is 1. The highest BCUT2D eigenvalue weighted by molar-refractivity contribution is 5.83. The number of carbonyl (C=O) groups is 1. The molecule has 0 heterocycles. The summed E-state index contributed by atoms with van der Waals surface area (Å²) in [5.41, 5.74) is 0. The first-order valence-electron chi connectivity index (χ1n) is 5.08. The van der Waals surface area contributed by atoms with Crippen LogP contribution >= 0.6 is 0 Å². The second-order valence-electron chi connectivity index (χ2n) is 3.09. The third-order valence-corrected chi connectivity index (χ3v) is 1.81. The number of hydrogen-bond donors (Lipinski definition) is 0. The van der Waals surface area contributed by atoms with E-state index in [2.05, 4.69) is 17.8 Å². The topological polar surface area (TPSA) is 29.4 Å². The molecule has 0 saturated heterocycles. The predicted molar refractivity (Wildman–Crippen MR) is 56.1 cm³/mol. The molecule has 0 rings (SSSR count). The summed E-state index contributed by atoms with van der Waals surface area (Å²) in [6.07, 6.45) is 8.08. The van der Waals surface area contributed by atoms with Gasteiger partial charge in [-0.3, -0.25) is 4.79 Å². The molecule has 2 heteroatoms. The van der Waals surface area contributed by atoms with Crippen molar-refractivity contribution in [2.75, 3.05) is 0 Å². The van der Waals surface area contributed by atoms with Crippen LogP contribution in [0.15, 0.2) is 11.1 Å². The SMILES string of the molecule is CC=C=NC(=O)CCCCCCC. The van der Waals surface area contributed by atoms with Gasteiger partial charge in [0.15, 0.2) is 0 Å². The lowest BCUT2D eigenvalue weighted by Gasteiger charge is -1.95. The normalized spacial score (nSPS) is 9.08. The van der Waals surface area contributed by atoms with Crippen molar-refractivity contribution in [2.24, 2.45) is 4.99 Å². The van der Waals surface area contributed by atoms with Gasteiger partial charge in [0.2, 0.25) is 0 Å². The van der Waals surface area contributed by atoms with Crippen LogP contribution in [0.3, 0.4) is 0 Å². The Morgan fingerprint density at radius 1 is 1.31 bits per heavy atom. The molecule has 74 valence electrons. The van der Waals surface area contributed by atoms with Gasteiger partial charge in [-0.2, -0.15) is 4.99 Å². The Kier molecular flexibility index (Phi) is 8.59. The second kappa shape index (κ2) is 9.21. The van der Waals surface area contributed by atoms with E-state index in [4.69, 9.17) is 0 Å². The van der Waals surface area contributed by atoms with E-state index in [1.165, 1.54) is 19.3 Å². The summed E-state index contributed by atoms with van der Waals surface area (Å²) in [5.74, 6) is 2.50. The van der Waals surface area contributed by atoms with Crippen molar-refractivity contribution in [3.8, 4) is 0 Å². The van der Waals surface area contributed by atoms with E-state index in [-0.39, 0.29) is 5.91 Å². The minimum atomic E-state index is -0.0467. The molecule has 0 aliphatic rings. The highest BCUT2D eigenvalue weighted by Crippen LogP contribution is 2.05. The van der Waals surface area contributed by atoms with Crippen LogP contribution in [0.1, 0.15) is 52.4 Å². The monoisotopic (exact) mass is 181 g/mol. The first-order chi connectivity index (χ1) is 6.31. The Balaban J connectivity index is 3.32. The van der Waals surface area contributed by atoms with Crippen molar-refractivity contribution in [1.29, 1.82) is 0 Å². The van der Waals surface area contributed by atoms with Gasteiger partial charge < -0.3 is 0 Å². The van der Waals surface area contributed by atoms with Crippen LogP contribution in [0.2, 0.25) is 0 Å². The fourth-order valence-corrected chi connectivity index (χ4v) is 1.07. The third kappa shape index (κ3) is 9.03. The maximum absolute atomic E-state index is 11.0. The van der Waals surface area contributed by atoms with E-state index in [9.17, 15) is 4.79 Å². The van der Waals surface area contributed by atoms with Crippen LogP contribution in [0.25, 0.3) is 0 Å². The molecule has 0 unspecified atom stereocenters. The van der Waals surface area contributed by atoms with Gasteiger partial charge >= 0.3 is 0 Å². The molecule has 0 N–H and O–H groups in total. The van der Waals surface area contributed by atoms with E-state index < -0.39 is 0 Å². The third-order valence-electron chi connectivity index (χ3n) is 1.81. The summed E-state index contributed by atoms with van der Waals surface area (Å²) in [6, 6.07) is 0. The Labute approximate surface area is 80.8 Å². The molecular formula is C11H19NO. The molecule has 0 saturated carbocycles. The number of rotatable bonds is 6. The molecule has 0 aliphatic heterocycles. The zero-order valence-electron chi connectivity index (χ0n) is 8.68. The molecule has 0 atom stereocenters. The number of nitrogens with zero attached hydrogens (tertiary/aromatic N) is 1. The van der Waals surface area contributed by atoms with Gasteiger partial charge in [-0.1, -0.05) is 32.6 Å². The predicted octanol–water partition coefficient (Wildman–Crippen LogP) is 3.12. The smallest absolute Gasteiger partial charge is 0.253 e. The van der Waals surface area contributed by atoms with Gasteiger partial charge in [0.05, 0.1) is 0 Å².